The van der Waals surface area contributed by atoms with Crippen LogP contribution in [0.1, 0.15) is 5.82 Å². The van der Waals surface area contributed by atoms with E-state index in [0.29, 0.717) is 11.6 Å². The van der Waals surface area contributed by atoms with Gasteiger partial charge in [0, 0.05) is 19.2 Å². The van der Waals surface area contributed by atoms with Crippen molar-refractivity contribution in [2.75, 3.05) is 12.5 Å². The first-order chi connectivity index (χ1) is 9.62. The van der Waals surface area contributed by atoms with E-state index >= 15 is 0 Å². The molecule has 3 N–H and O–H groups in total. The summed E-state index contributed by atoms with van der Waals surface area (Å²) >= 11 is 5.60. The van der Waals surface area contributed by atoms with Gasteiger partial charge in [0.2, 0.25) is 5.88 Å². The van der Waals surface area contributed by atoms with Crippen LogP contribution in [0.4, 0.5) is 10.2 Å². The Balaban J connectivity index is 2.27. The van der Waals surface area contributed by atoms with E-state index in [9.17, 15) is 4.39 Å². The highest BCUT2D eigenvalue weighted by molar-refractivity contribution is 6.30. The molecule has 106 valence electrons. The summed E-state index contributed by atoms with van der Waals surface area (Å²) in [6, 6.07) is 5.56. The highest BCUT2D eigenvalue weighted by atomic mass is 35.5. The molecular weight excluding hydrogens is 287 g/mol. The SMILES string of the molecule is COCc1nc(NN)cc(Oc2ccc(Cl)c(F)c2)n1. The molecule has 6 nitrogen and oxygen atoms in total. The maximum atomic E-state index is 13.3. The average molecular weight is 299 g/mol. The Morgan fingerprint density at radius 3 is 2.80 bits per heavy atom. The van der Waals surface area contributed by atoms with Crippen LogP contribution in [-0.2, 0) is 11.3 Å². The second-order valence-corrected chi connectivity index (χ2v) is 4.17. The van der Waals surface area contributed by atoms with Gasteiger partial charge in [0.25, 0.3) is 0 Å². The molecule has 2 aromatic rings. The van der Waals surface area contributed by atoms with Crippen LogP contribution in [0.15, 0.2) is 24.3 Å². The molecule has 0 spiro atoms. The van der Waals surface area contributed by atoms with E-state index in [-0.39, 0.29) is 23.3 Å². The summed E-state index contributed by atoms with van der Waals surface area (Å²) in [6.07, 6.45) is 0. The summed E-state index contributed by atoms with van der Waals surface area (Å²) in [5, 5.41) is 0.0180. The van der Waals surface area contributed by atoms with Crippen molar-refractivity contribution in [3.8, 4) is 11.6 Å². The summed E-state index contributed by atoms with van der Waals surface area (Å²) in [5.74, 6) is 5.94. The molecular formula is C12H12ClFN4O2. The van der Waals surface area contributed by atoms with Gasteiger partial charge in [-0.2, -0.15) is 4.98 Å². The predicted molar refractivity (Wildman–Crippen MR) is 72.0 cm³/mol. The molecule has 0 radical (unpaired) electrons. The molecule has 8 heteroatoms. The van der Waals surface area contributed by atoms with Crippen LogP contribution in [-0.4, -0.2) is 17.1 Å². The Morgan fingerprint density at radius 1 is 1.35 bits per heavy atom. The molecule has 0 bridgehead atoms. The zero-order chi connectivity index (χ0) is 14.5. The molecule has 0 aliphatic heterocycles. The quantitative estimate of drug-likeness (QED) is 0.652. The molecule has 0 aliphatic rings. The minimum Gasteiger partial charge on any atom is -0.439 e. The fourth-order valence-electron chi connectivity index (χ4n) is 1.45. The first-order valence-corrected chi connectivity index (χ1v) is 5.96. The summed E-state index contributed by atoms with van der Waals surface area (Å²) in [7, 11) is 1.51. The van der Waals surface area contributed by atoms with E-state index in [1.54, 1.807) is 0 Å². The predicted octanol–water partition coefficient (Wildman–Crippen LogP) is 2.49. The van der Waals surface area contributed by atoms with Crippen LogP contribution in [0.2, 0.25) is 5.02 Å². The number of nitrogens with zero attached hydrogens (tertiary/aromatic N) is 2. The highest BCUT2D eigenvalue weighted by Gasteiger charge is 2.08. The van der Waals surface area contributed by atoms with Crippen LogP contribution in [0.3, 0.4) is 0 Å². The third-order valence-corrected chi connectivity index (χ3v) is 2.59. The molecule has 2 rings (SSSR count). The zero-order valence-electron chi connectivity index (χ0n) is 10.6. The molecule has 0 atom stereocenters. The molecule has 20 heavy (non-hydrogen) atoms. The van der Waals surface area contributed by atoms with E-state index in [1.165, 1.54) is 25.3 Å². The van der Waals surface area contributed by atoms with E-state index < -0.39 is 5.82 Å². The van der Waals surface area contributed by atoms with Crippen LogP contribution >= 0.6 is 11.6 Å². The Kier molecular flexibility index (Phi) is 4.67. The van der Waals surface area contributed by atoms with Gasteiger partial charge >= 0.3 is 0 Å². The number of nitrogen functional groups attached to an aromatic ring is 1. The van der Waals surface area contributed by atoms with Crippen molar-refractivity contribution in [3.63, 3.8) is 0 Å². The summed E-state index contributed by atoms with van der Waals surface area (Å²) in [6.45, 7) is 0.195. The molecule has 0 aliphatic carbocycles. The number of halogens is 2. The van der Waals surface area contributed by atoms with Crippen molar-refractivity contribution in [1.82, 2.24) is 9.97 Å². The number of aromatic nitrogens is 2. The fraction of sp³-hybridized carbons (Fsp3) is 0.167. The number of benzene rings is 1. The molecule has 0 amide bonds. The number of hydrogen-bond acceptors (Lipinski definition) is 6. The average Bonchev–Trinajstić information content (AvgIpc) is 2.43. The molecule has 1 aromatic carbocycles. The van der Waals surface area contributed by atoms with Gasteiger partial charge < -0.3 is 14.9 Å². The lowest BCUT2D eigenvalue weighted by Gasteiger charge is -2.09. The maximum Gasteiger partial charge on any atom is 0.224 e. The molecule has 1 aromatic heterocycles. The van der Waals surface area contributed by atoms with Crippen molar-refractivity contribution in [2.24, 2.45) is 5.84 Å². The Bertz CT molecular complexity index is 612. The van der Waals surface area contributed by atoms with E-state index in [2.05, 4.69) is 15.4 Å². The van der Waals surface area contributed by atoms with Crippen LogP contribution < -0.4 is 16.0 Å². The number of anilines is 1. The fourth-order valence-corrected chi connectivity index (χ4v) is 1.57. The second-order valence-electron chi connectivity index (χ2n) is 3.76. The van der Waals surface area contributed by atoms with Crippen molar-refractivity contribution in [2.45, 2.75) is 6.61 Å². The summed E-state index contributed by atoms with van der Waals surface area (Å²) in [5.41, 5.74) is 2.39. The summed E-state index contributed by atoms with van der Waals surface area (Å²) in [4.78, 5) is 8.18. The normalized spacial score (nSPS) is 10.4. The van der Waals surface area contributed by atoms with Gasteiger partial charge in [-0.1, -0.05) is 11.6 Å². The number of methoxy groups -OCH3 is 1. The van der Waals surface area contributed by atoms with E-state index in [4.69, 9.17) is 26.9 Å². The lowest BCUT2D eigenvalue weighted by molar-refractivity contribution is 0.177. The van der Waals surface area contributed by atoms with Crippen LogP contribution in [0.25, 0.3) is 0 Å². The third-order valence-electron chi connectivity index (χ3n) is 2.28. The number of nitrogens with two attached hydrogens (primary N) is 1. The van der Waals surface area contributed by atoms with Crippen molar-refractivity contribution in [1.29, 1.82) is 0 Å². The Hall–Kier alpha value is -1.96. The van der Waals surface area contributed by atoms with Gasteiger partial charge in [-0.25, -0.2) is 15.2 Å². The Labute approximate surface area is 119 Å². The van der Waals surface area contributed by atoms with Crippen LogP contribution in [0, 0.1) is 5.82 Å². The number of rotatable bonds is 5. The number of hydrogen-bond donors (Lipinski definition) is 2. The van der Waals surface area contributed by atoms with E-state index in [1.807, 2.05) is 0 Å². The van der Waals surface area contributed by atoms with Gasteiger partial charge in [0.05, 0.1) is 5.02 Å². The zero-order valence-corrected chi connectivity index (χ0v) is 11.3. The van der Waals surface area contributed by atoms with E-state index in [0.717, 1.165) is 6.07 Å². The van der Waals surface area contributed by atoms with Gasteiger partial charge in [-0.05, 0) is 12.1 Å². The van der Waals surface area contributed by atoms with Crippen molar-refractivity contribution < 1.29 is 13.9 Å². The number of hydrazine groups is 1. The largest absolute Gasteiger partial charge is 0.439 e. The van der Waals surface area contributed by atoms with Gasteiger partial charge in [0.1, 0.15) is 24.0 Å². The van der Waals surface area contributed by atoms with Crippen molar-refractivity contribution >= 4 is 17.4 Å². The first kappa shape index (κ1) is 14.4. The molecule has 0 fully saturated rings. The molecule has 1 heterocycles. The second kappa shape index (κ2) is 6.47. The minimum absolute atomic E-state index is 0.0180. The molecule has 0 saturated heterocycles. The van der Waals surface area contributed by atoms with Gasteiger partial charge in [-0.15, -0.1) is 0 Å². The smallest absolute Gasteiger partial charge is 0.224 e. The molecule has 0 unspecified atom stereocenters. The standard InChI is InChI=1S/C12H12ClFN4O2/c1-19-6-11-16-10(18-15)5-12(17-11)20-7-2-3-8(13)9(14)4-7/h2-5H,6,15H2,1H3,(H,16,17,18). The maximum absolute atomic E-state index is 13.3. The van der Waals surface area contributed by atoms with Crippen molar-refractivity contribution in [3.05, 3.63) is 40.9 Å². The Morgan fingerprint density at radius 2 is 2.15 bits per heavy atom. The molecule has 0 saturated carbocycles. The lowest BCUT2D eigenvalue weighted by Crippen LogP contribution is -2.11. The van der Waals surface area contributed by atoms with Crippen LogP contribution in [0.5, 0.6) is 11.6 Å². The first-order valence-electron chi connectivity index (χ1n) is 5.59. The number of ether oxygens (including phenoxy) is 2. The lowest BCUT2D eigenvalue weighted by atomic mass is 10.3. The van der Waals surface area contributed by atoms with Gasteiger partial charge in [-0.3, -0.25) is 0 Å². The topological polar surface area (TPSA) is 82.3 Å². The summed E-state index contributed by atoms with van der Waals surface area (Å²) < 4.78 is 23.7. The number of nitrogens with one attached hydrogen (secondary N) is 1. The third kappa shape index (κ3) is 3.53. The van der Waals surface area contributed by atoms with Gasteiger partial charge in [0.15, 0.2) is 5.82 Å². The minimum atomic E-state index is -0.576. The highest BCUT2D eigenvalue weighted by Crippen LogP contribution is 2.25. The monoisotopic (exact) mass is 298 g/mol.